The van der Waals surface area contributed by atoms with Gasteiger partial charge in [-0.15, -0.1) is 11.6 Å². The lowest BCUT2D eigenvalue weighted by Crippen LogP contribution is -2.51. The number of hydrogen-bond acceptors (Lipinski definition) is 6. The van der Waals surface area contributed by atoms with Crippen molar-refractivity contribution in [1.82, 2.24) is 24.3 Å². The van der Waals surface area contributed by atoms with Gasteiger partial charge in [0.15, 0.2) is 0 Å². The van der Waals surface area contributed by atoms with Crippen LogP contribution in [0.5, 0.6) is 0 Å². The Bertz CT molecular complexity index is 1670. The summed E-state index contributed by atoms with van der Waals surface area (Å²) in [5.74, 6) is 1.64. The van der Waals surface area contributed by atoms with Crippen LogP contribution < -0.4 is 5.32 Å². The number of urea groups is 1. The minimum Gasteiger partial charge on any atom is -0.331 e. The van der Waals surface area contributed by atoms with Gasteiger partial charge in [0, 0.05) is 74.5 Å². The lowest BCUT2D eigenvalue weighted by molar-refractivity contribution is 0.125. The summed E-state index contributed by atoms with van der Waals surface area (Å²) in [6.07, 6.45) is 5.57. The molecule has 0 radical (unpaired) electrons. The average molecular weight is 658 g/mol. The zero-order valence-electron chi connectivity index (χ0n) is 26.3. The normalized spacial score (nSPS) is 13.2. The fraction of sp³-hybridized carbons (Fsp3) is 0.286. The molecule has 1 aliphatic heterocycles. The lowest BCUT2D eigenvalue weighted by Gasteiger charge is -2.40. The smallest absolute Gasteiger partial charge is 0.321 e. The number of carbonyl (C=O) groups excluding carboxylic acids is 1. The molecule has 1 fully saturated rings. The maximum Gasteiger partial charge on any atom is 0.321 e. The number of amides is 2. The SMILES string of the molecule is C#N.C=C(Cn1ccnc1C)c1cc(Cl)ccc1C(c1ncccc1C)N1CCN(C(=O)Nc2ccc(C#N)cc2)CC1.CCCl. The van der Waals surface area contributed by atoms with Crippen LogP contribution in [-0.2, 0) is 6.54 Å². The summed E-state index contributed by atoms with van der Waals surface area (Å²) in [6, 6.07) is 18.7. The molecule has 1 atom stereocenters. The van der Waals surface area contributed by atoms with E-state index in [0.717, 1.165) is 39.7 Å². The fourth-order valence-electron chi connectivity index (χ4n) is 5.25. The minimum atomic E-state index is -0.156. The predicted molar refractivity (Wildman–Crippen MR) is 185 cm³/mol. The summed E-state index contributed by atoms with van der Waals surface area (Å²) in [4.78, 5) is 26.4. The third-order valence-corrected chi connectivity index (χ3v) is 7.75. The van der Waals surface area contributed by atoms with Gasteiger partial charge in [0.25, 0.3) is 0 Å². The molecule has 0 spiro atoms. The molecule has 1 saturated heterocycles. The van der Waals surface area contributed by atoms with Crippen molar-refractivity contribution in [2.45, 2.75) is 33.4 Å². The number of pyridine rings is 1. The molecule has 0 bridgehead atoms. The molecule has 2 aromatic carbocycles. The van der Waals surface area contributed by atoms with Crippen molar-refractivity contribution < 1.29 is 4.79 Å². The molecule has 2 aromatic heterocycles. The summed E-state index contributed by atoms with van der Waals surface area (Å²) >= 11 is 11.5. The Morgan fingerprint density at radius 1 is 1.07 bits per heavy atom. The number of allylic oxidation sites excluding steroid dienone is 1. The number of carbonyl (C=O) groups is 1. The second-order valence-electron chi connectivity index (χ2n) is 10.5. The Morgan fingerprint density at radius 3 is 2.33 bits per heavy atom. The number of imidazole rings is 1. The standard InChI is InChI=1S/C32H32ClN7O.C2H5Cl.CHN/c1-22-5-4-12-36-30(22)31(28-11-8-26(33)19-29(28)23(2)21-40-14-13-35-24(40)3)38-15-17-39(18-16-38)32(41)37-27-9-6-25(20-34)7-10-27;1-2-3;1-2/h4-14,19,31H,2,15-18,21H2,1,3H3,(H,37,41);2H2,1H3;1H. The third kappa shape index (κ3) is 9.18. The molecule has 3 heterocycles. The molecule has 1 unspecified atom stereocenters. The molecule has 0 saturated carbocycles. The Morgan fingerprint density at radius 2 is 1.74 bits per heavy atom. The third-order valence-electron chi connectivity index (χ3n) is 7.52. The van der Waals surface area contributed by atoms with Crippen LogP contribution in [0.1, 0.15) is 46.7 Å². The molecule has 9 nitrogen and oxygen atoms in total. The molecule has 1 N–H and O–H groups in total. The molecule has 5 rings (SSSR count). The van der Waals surface area contributed by atoms with Gasteiger partial charge in [-0.25, -0.2) is 15.0 Å². The summed E-state index contributed by atoms with van der Waals surface area (Å²) in [6.45, 7) is 16.9. The van der Waals surface area contributed by atoms with Gasteiger partial charge in [-0.2, -0.15) is 5.26 Å². The highest BCUT2D eigenvalue weighted by Crippen LogP contribution is 2.36. The Labute approximate surface area is 281 Å². The lowest BCUT2D eigenvalue weighted by atomic mass is 9.90. The molecule has 4 aromatic rings. The average Bonchev–Trinajstić information content (AvgIpc) is 3.48. The van der Waals surface area contributed by atoms with Gasteiger partial charge in [0.05, 0.1) is 23.4 Å². The van der Waals surface area contributed by atoms with Gasteiger partial charge in [0.1, 0.15) is 5.82 Å². The maximum atomic E-state index is 13.0. The van der Waals surface area contributed by atoms with E-state index in [0.29, 0.717) is 49.0 Å². The van der Waals surface area contributed by atoms with E-state index in [4.69, 9.17) is 38.7 Å². The van der Waals surface area contributed by atoms with Gasteiger partial charge in [-0.1, -0.05) is 37.2 Å². The van der Waals surface area contributed by atoms with Gasteiger partial charge in [0.2, 0.25) is 0 Å². The van der Waals surface area contributed by atoms with Crippen LogP contribution in [-0.4, -0.2) is 62.4 Å². The molecule has 11 heteroatoms. The van der Waals surface area contributed by atoms with E-state index >= 15 is 0 Å². The van der Waals surface area contributed by atoms with Crippen LogP contribution >= 0.6 is 23.2 Å². The number of aryl methyl sites for hydroxylation is 2. The number of halogens is 2. The van der Waals surface area contributed by atoms with Gasteiger partial charge >= 0.3 is 6.03 Å². The van der Waals surface area contributed by atoms with E-state index in [2.05, 4.69) is 58.0 Å². The van der Waals surface area contributed by atoms with Gasteiger partial charge in [-0.05, 0) is 78.6 Å². The second-order valence-corrected chi connectivity index (χ2v) is 11.4. The zero-order valence-corrected chi connectivity index (χ0v) is 27.8. The number of nitriles is 2. The molecule has 1 aliphatic rings. The van der Waals surface area contributed by atoms with Crippen molar-refractivity contribution in [3.05, 3.63) is 119 Å². The Kier molecular flexibility index (Phi) is 13.8. The number of nitrogens with one attached hydrogen (secondary N) is 1. The highest BCUT2D eigenvalue weighted by molar-refractivity contribution is 6.30. The van der Waals surface area contributed by atoms with E-state index in [1.165, 1.54) is 0 Å². The van der Waals surface area contributed by atoms with Crippen LogP contribution in [0.15, 0.2) is 79.8 Å². The summed E-state index contributed by atoms with van der Waals surface area (Å²) in [5.41, 5.74) is 6.28. The number of hydrogen-bond donors (Lipinski definition) is 1. The van der Waals surface area contributed by atoms with Crippen molar-refractivity contribution in [3.8, 4) is 12.6 Å². The predicted octanol–water partition coefficient (Wildman–Crippen LogP) is 7.46. The first-order chi connectivity index (χ1) is 22.2. The van der Waals surface area contributed by atoms with Crippen LogP contribution in [0.2, 0.25) is 5.02 Å². The topological polar surface area (TPSA) is 114 Å². The molecular weight excluding hydrogens is 619 g/mol. The van der Waals surface area contributed by atoms with Crippen molar-refractivity contribution in [1.29, 1.82) is 10.5 Å². The number of aromatic nitrogens is 3. The molecule has 238 valence electrons. The van der Waals surface area contributed by atoms with Crippen molar-refractivity contribution in [2.24, 2.45) is 0 Å². The van der Waals surface area contributed by atoms with Crippen molar-refractivity contribution in [2.75, 3.05) is 37.4 Å². The van der Waals surface area contributed by atoms with Gasteiger partial charge in [-0.3, -0.25) is 9.88 Å². The highest BCUT2D eigenvalue weighted by atomic mass is 35.5. The van der Waals surface area contributed by atoms with Crippen LogP contribution in [0, 0.1) is 37.0 Å². The maximum absolute atomic E-state index is 13.0. The summed E-state index contributed by atoms with van der Waals surface area (Å²) < 4.78 is 2.07. The zero-order chi connectivity index (χ0) is 33.6. The van der Waals surface area contributed by atoms with Crippen molar-refractivity contribution in [3.63, 3.8) is 0 Å². The fourth-order valence-corrected chi connectivity index (χ4v) is 5.42. The van der Waals surface area contributed by atoms with E-state index in [9.17, 15) is 4.79 Å². The number of rotatable bonds is 7. The van der Waals surface area contributed by atoms with E-state index in [1.807, 2.05) is 49.3 Å². The number of alkyl halides is 1. The van der Waals surface area contributed by atoms with Crippen LogP contribution in [0.3, 0.4) is 0 Å². The Balaban J connectivity index is 0.00000109. The molecule has 0 aliphatic carbocycles. The number of benzene rings is 2. The summed E-state index contributed by atoms with van der Waals surface area (Å²) in [7, 11) is 0. The van der Waals surface area contributed by atoms with E-state index < -0.39 is 0 Å². The largest absolute Gasteiger partial charge is 0.331 e. The molecule has 46 heavy (non-hydrogen) atoms. The van der Waals surface area contributed by atoms with E-state index in [1.54, 1.807) is 30.5 Å². The Hall–Kier alpha value is -4.67. The van der Waals surface area contributed by atoms with Crippen LogP contribution in [0.25, 0.3) is 5.57 Å². The van der Waals surface area contributed by atoms with E-state index in [-0.39, 0.29) is 12.1 Å². The number of piperazine rings is 1. The first-order valence-electron chi connectivity index (χ1n) is 14.7. The first-order valence-corrected chi connectivity index (χ1v) is 15.7. The quantitative estimate of drug-likeness (QED) is 0.207. The number of anilines is 1. The minimum absolute atomic E-state index is 0.146. The highest BCUT2D eigenvalue weighted by Gasteiger charge is 2.31. The molecular formula is C35H38Cl2N8O. The van der Waals surface area contributed by atoms with Crippen molar-refractivity contribution >= 4 is 40.5 Å². The van der Waals surface area contributed by atoms with Gasteiger partial charge < -0.3 is 14.8 Å². The summed E-state index contributed by atoms with van der Waals surface area (Å²) in [5, 5.41) is 19.1. The number of nitrogens with zero attached hydrogens (tertiary/aromatic N) is 7. The van der Waals surface area contributed by atoms with Crippen LogP contribution in [0.4, 0.5) is 10.5 Å². The first kappa shape index (κ1) is 35.8. The monoisotopic (exact) mass is 656 g/mol. The molecule has 2 amide bonds. The second kappa shape index (κ2) is 17.7.